The Labute approximate surface area is 148 Å². The third-order valence-corrected chi connectivity index (χ3v) is 4.79. The fourth-order valence-corrected chi connectivity index (χ4v) is 3.15. The van der Waals surface area contributed by atoms with Crippen LogP contribution in [0.2, 0.25) is 0 Å². The van der Waals surface area contributed by atoms with Crippen molar-refractivity contribution >= 4 is 16.0 Å². The number of sulfonamides is 1. The van der Waals surface area contributed by atoms with Crippen LogP contribution in [0, 0.1) is 13.8 Å². The SMILES string of the molecule is Cc1ccc(S(=O)(=O)Nc2nc(C)cc(-n3[nH]c(=O)ccc3=O)n2)cc1. The van der Waals surface area contributed by atoms with Gasteiger partial charge in [-0.3, -0.25) is 14.7 Å². The van der Waals surface area contributed by atoms with Crippen molar-refractivity contribution in [3.63, 3.8) is 0 Å². The van der Waals surface area contributed by atoms with E-state index in [1.807, 2.05) is 6.92 Å². The van der Waals surface area contributed by atoms with Crippen LogP contribution in [0.3, 0.4) is 0 Å². The van der Waals surface area contributed by atoms with Crippen LogP contribution in [0.25, 0.3) is 5.82 Å². The second kappa shape index (κ2) is 6.56. The van der Waals surface area contributed by atoms with Crippen LogP contribution in [0.15, 0.2) is 56.9 Å². The van der Waals surface area contributed by atoms with E-state index in [-0.39, 0.29) is 16.7 Å². The van der Waals surface area contributed by atoms with Crippen molar-refractivity contribution < 1.29 is 8.42 Å². The molecule has 0 saturated carbocycles. The molecular formula is C16H15N5O4S. The smallest absolute Gasteiger partial charge is 0.268 e. The van der Waals surface area contributed by atoms with Crippen molar-refractivity contribution in [2.45, 2.75) is 18.7 Å². The molecule has 26 heavy (non-hydrogen) atoms. The Morgan fingerprint density at radius 3 is 2.38 bits per heavy atom. The fraction of sp³-hybridized carbons (Fsp3) is 0.125. The van der Waals surface area contributed by atoms with E-state index < -0.39 is 21.1 Å². The highest BCUT2D eigenvalue weighted by Gasteiger charge is 2.17. The third kappa shape index (κ3) is 3.70. The monoisotopic (exact) mass is 373 g/mol. The lowest BCUT2D eigenvalue weighted by Gasteiger charge is -2.10. The first-order valence-electron chi connectivity index (χ1n) is 7.52. The van der Waals surface area contributed by atoms with Gasteiger partial charge in [0, 0.05) is 23.9 Å². The molecule has 0 saturated heterocycles. The average molecular weight is 373 g/mol. The molecule has 2 N–H and O–H groups in total. The van der Waals surface area contributed by atoms with Crippen LogP contribution in [-0.2, 0) is 10.0 Å². The predicted molar refractivity (Wildman–Crippen MR) is 95.0 cm³/mol. The Hall–Kier alpha value is -3.27. The second-order valence-corrected chi connectivity index (χ2v) is 7.28. The van der Waals surface area contributed by atoms with E-state index in [9.17, 15) is 18.0 Å². The first-order valence-corrected chi connectivity index (χ1v) is 9.01. The molecular weight excluding hydrogens is 358 g/mol. The molecule has 0 radical (unpaired) electrons. The zero-order chi connectivity index (χ0) is 18.9. The number of anilines is 1. The van der Waals surface area contributed by atoms with Gasteiger partial charge in [-0.25, -0.2) is 18.1 Å². The zero-order valence-electron chi connectivity index (χ0n) is 13.9. The maximum atomic E-state index is 12.5. The van der Waals surface area contributed by atoms with Gasteiger partial charge in [-0.05, 0) is 26.0 Å². The molecule has 2 aromatic heterocycles. The molecule has 1 aromatic carbocycles. The number of hydrogen-bond donors (Lipinski definition) is 2. The van der Waals surface area contributed by atoms with E-state index in [1.54, 1.807) is 19.1 Å². The van der Waals surface area contributed by atoms with Crippen LogP contribution in [-0.4, -0.2) is 28.2 Å². The van der Waals surface area contributed by atoms with Gasteiger partial charge in [0.2, 0.25) is 5.95 Å². The van der Waals surface area contributed by atoms with Gasteiger partial charge in [-0.2, -0.15) is 9.67 Å². The Bertz CT molecular complexity index is 1180. The summed E-state index contributed by atoms with van der Waals surface area (Å²) < 4.78 is 28.2. The molecule has 0 aliphatic heterocycles. The Kier molecular flexibility index (Phi) is 4.43. The maximum absolute atomic E-state index is 12.5. The van der Waals surface area contributed by atoms with E-state index >= 15 is 0 Å². The fourth-order valence-electron chi connectivity index (χ4n) is 2.20. The molecule has 10 heteroatoms. The first kappa shape index (κ1) is 17.5. The molecule has 0 amide bonds. The summed E-state index contributed by atoms with van der Waals surface area (Å²) >= 11 is 0. The van der Waals surface area contributed by atoms with Crippen LogP contribution in [0.4, 0.5) is 5.95 Å². The molecule has 134 valence electrons. The summed E-state index contributed by atoms with van der Waals surface area (Å²) in [4.78, 5) is 31.5. The number of aryl methyl sites for hydroxylation is 2. The summed E-state index contributed by atoms with van der Waals surface area (Å²) in [6.07, 6.45) is 0. The van der Waals surface area contributed by atoms with Gasteiger partial charge in [0.1, 0.15) is 0 Å². The number of benzene rings is 1. The van der Waals surface area contributed by atoms with Crippen molar-refractivity contribution in [1.82, 2.24) is 19.7 Å². The van der Waals surface area contributed by atoms with Crippen LogP contribution in [0.1, 0.15) is 11.3 Å². The predicted octanol–water partition coefficient (Wildman–Crippen LogP) is 0.733. The minimum atomic E-state index is -3.90. The molecule has 2 heterocycles. The number of H-pyrrole nitrogens is 1. The van der Waals surface area contributed by atoms with Crippen molar-refractivity contribution in [3.05, 3.63) is 74.4 Å². The number of hydrogen-bond acceptors (Lipinski definition) is 6. The highest BCUT2D eigenvalue weighted by atomic mass is 32.2. The number of nitrogens with one attached hydrogen (secondary N) is 2. The summed E-state index contributed by atoms with van der Waals surface area (Å²) in [7, 11) is -3.90. The van der Waals surface area contributed by atoms with Crippen LogP contribution < -0.4 is 15.8 Å². The third-order valence-electron chi connectivity index (χ3n) is 3.45. The molecule has 0 spiro atoms. The summed E-state index contributed by atoms with van der Waals surface area (Å²) in [6, 6.07) is 9.90. The van der Waals surface area contributed by atoms with E-state index in [0.717, 1.165) is 22.4 Å². The Morgan fingerprint density at radius 2 is 1.69 bits per heavy atom. The second-order valence-electron chi connectivity index (χ2n) is 5.59. The molecule has 0 bridgehead atoms. The van der Waals surface area contributed by atoms with Crippen molar-refractivity contribution in [3.8, 4) is 5.82 Å². The highest BCUT2D eigenvalue weighted by molar-refractivity contribution is 7.92. The molecule has 9 nitrogen and oxygen atoms in total. The summed E-state index contributed by atoms with van der Waals surface area (Å²) in [5.41, 5.74) is 0.316. The number of nitrogens with zero attached hydrogens (tertiary/aromatic N) is 3. The molecule has 0 atom stereocenters. The van der Waals surface area contributed by atoms with Gasteiger partial charge in [0.05, 0.1) is 4.90 Å². The van der Waals surface area contributed by atoms with Crippen molar-refractivity contribution in [2.75, 3.05) is 4.72 Å². The zero-order valence-corrected chi connectivity index (χ0v) is 14.7. The van der Waals surface area contributed by atoms with E-state index in [0.29, 0.717) is 5.69 Å². The topological polar surface area (TPSA) is 127 Å². The minimum absolute atomic E-state index is 0.0433. The highest BCUT2D eigenvalue weighted by Crippen LogP contribution is 2.15. The maximum Gasteiger partial charge on any atom is 0.271 e. The lowest BCUT2D eigenvalue weighted by molar-refractivity contribution is 0.600. The van der Waals surface area contributed by atoms with Gasteiger partial charge in [-0.15, -0.1) is 0 Å². The standard InChI is InChI=1S/C16H15N5O4S/c1-10-3-5-12(6-4-10)26(24,25)20-16-17-11(2)9-13(18-16)21-15(23)8-7-14(22)19-21/h3-9H,1-2H3,(H,19,22)(H,17,18,20). The molecule has 0 aliphatic carbocycles. The normalized spacial score (nSPS) is 11.3. The van der Waals surface area contributed by atoms with Gasteiger partial charge < -0.3 is 0 Å². The van der Waals surface area contributed by atoms with E-state index in [4.69, 9.17) is 0 Å². The largest absolute Gasteiger partial charge is 0.271 e. The van der Waals surface area contributed by atoms with Crippen molar-refractivity contribution in [2.24, 2.45) is 0 Å². The first-order chi connectivity index (χ1) is 12.2. The molecule has 0 unspecified atom stereocenters. The average Bonchev–Trinajstić information content (AvgIpc) is 2.56. The van der Waals surface area contributed by atoms with Gasteiger partial charge in [0.25, 0.3) is 21.1 Å². The lowest BCUT2D eigenvalue weighted by Crippen LogP contribution is -2.27. The summed E-state index contributed by atoms with van der Waals surface area (Å²) in [6.45, 7) is 3.46. The van der Waals surface area contributed by atoms with Crippen molar-refractivity contribution in [1.29, 1.82) is 0 Å². The Balaban J connectivity index is 2.03. The molecule has 0 fully saturated rings. The Morgan fingerprint density at radius 1 is 1.00 bits per heavy atom. The van der Waals surface area contributed by atoms with Gasteiger partial charge in [0.15, 0.2) is 5.82 Å². The summed E-state index contributed by atoms with van der Waals surface area (Å²) in [5, 5.41) is 2.33. The minimum Gasteiger partial charge on any atom is -0.268 e. The lowest BCUT2D eigenvalue weighted by atomic mass is 10.2. The molecule has 0 aliphatic rings. The van der Waals surface area contributed by atoms with E-state index in [2.05, 4.69) is 19.8 Å². The number of aromatic nitrogens is 4. The summed E-state index contributed by atoms with van der Waals surface area (Å²) in [5.74, 6) is -0.168. The van der Waals surface area contributed by atoms with Crippen LogP contribution in [0.5, 0.6) is 0 Å². The van der Waals surface area contributed by atoms with Gasteiger partial charge in [-0.1, -0.05) is 17.7 Å². The van der Waals surface area contributed by atoms with Crippen LogP contribution >= 0.6 is 0 Å². The molecule has 3 rings (SSSR count). The van der Waals surface area contributed by atoms with E-state index in [1.165, 1.54) is 18.2 Å². The van der Waals surface area contributed by atoms with Gasteiger partial charge >= 0.3 is 0 Å². The number of rotatable bonds is 4. The molecule has 3 aromatic rings. The quantitative estimate of drug-likeness (QED) is 0.694. The number of aromatic amines is 1.